The molecule has 6 nitrogen and oxygen atoms in total. The molecule has 0 atom stereocenters. The smallest absolute Gasteiger partial charge is 0.223 e. The van der Waals surface area contributed by atoms with Gasteiger partial charge in [-0.3, -0.25) is 0 Å². The van der Waals surface area contributed by atoms with Crippen molar-refractivity contribution in [3.05, 3.63) is 58.1 Å². The normalized spacial score (nSPS) is 11.1. The minimum absolute atomic E-state index is 0.0217. The summed E-state index contributed by atoms with van der Waals surface area (Å²) >= 11 is 11.9. The van der Waals surface area contributed by atoms with Crippen molar-refractivity contribution >= 4 is 40.8 Å². The van der Waals surface area contributed by atoms with Crippen LogP contribution >= 0.6 is 23.2 Å². The molecule has 0 radical (unpaired) electrons. The summed E-state index contributed by atoms with van der Waals surface area (Å²) in [6.07, 6.45) is 0. The van der Waals surface area contributed by atoms with Crippen LogP contribution in [0, 0.1) is 0 Å². The number of rotatable bonds is 4. The van der Waals surface area contributed by atoms with E-state index in [-0.39, 0.29) is 11.9 Å². The lowest BCUT2D eigenvalue weighted by Gasteiger charge is -2.08. The maximum absolute atomic E-state index is 6.09. The first-order chi connectivity index (χ1) is 10.9. The molecule has 0 saturated carbocycles. The van der Waals surface area contributed by atoms with Crippen LogP contribution in [0.25, 0.3) is 0 Å². The molecule has 8 heteroatoms. The molecular formula is C15H15Cl2N5O. The summed E-state index contributed by atoms with van der Waals surface area (Å²) in [4.78, 5) is 7.67. The van der Waals surface area contributed by atoms with Gasteiger partial charge in [-0.05, 0) is 36.4 Å². The average molecular weight is 352 g/mol. The van der Waals surface area contributed by atoms with Gasteiger partial charge in [0.1, 0.15) is 12.4 Å². The highest BCUT2D eigenvalue weighted by Crippen LogP contribution is 2.23. The van der Waals surface area contributed by atoms with E-state index < -0.39 is 0 Å². The second-order valence-corrected chi connectivity index (χ2v) is 5.37. The van der Waals surface area contributed by atoms with Gasteiger partial charge in [-0.2, -0.15) is 4.99 Å². The SMILES string of the molecule is NC(N)=NC(N)=Nc1ccc(OCc2ccc(Cl)cc2Cl)cc1. The third-order valence-corrected chi connectivity index (χ3v) is 3.32. The molecule has 0 aliphatic carbocycles. The first kappa shape index (κ1) is 16.9. The highest BCUT2D eigenvalue weighted by Gasteiger charge is 2.03. The lowest BCUT2D eigenvalue weighted by molar-refractivity contribution is 0.306. The predicted octanol–water partition coefficient (Wildman–Crippen LogP) is 2.79. The summed E-state index contributed by atoms with van der Waals surface area (Å²) in [6, 6.07) is 12.2. The van der Waals surface area contributed by atoms with Gasteiger partial charge >= 0.3 is 0 Å². The van der Waals surface area contributed by atoms with E-state index in [1.54, 1.807) is 36.4 Å². The Bertz CT molecular complexity index is 740. The van der Waals surface area contributed by atoms with Crippen LogP contribution < -0.4 is 21.9 Å². The summed E-state index contributed by atoms with van der Waals surface area (Å²) in [6.45, 7) is 0.328. The van der Waals surface area contributed by atoms with E-state index in [1.165, 1.54) is 0 Å². The lowest BCUT2D eigenvalue weighted by atomic mass is 10.2. The molecule has 0 aliphatic rings. The van der Waals surface area contributed by atoms with Crippen LogP contribution in [-0.2, 0) is 6.61 Å². The molecule has 0 amide bonds. The number of ether oxygens (including phenoxy) is 1. The van der Waals surface area contributed by atoms with Crippen molar-refractivity contribution in [1.82, 2.24) is 0 Å². The van der Waals surface area contributed by atoms with E-state index in [2.05, 4.69) is 9.98 Å². The predicted molar refractivity (Wildman–Crippen MR) is 94.3 cm³/mol. The minimum atomic E-state index is -0.147. The number of nitrogens with zero attached hydrogens (tertiary/aromatic N) is 2. The zero-order valence-corrected chi connectivity index (χ0v) is 13.6. The molecular weight excluding hydrogens is 337 g/mol. The Balaban J connectivity index is 2.01. The van der Waals surface area contributed by atoms with Crippen LogP contribution in [0.2, 0.25) is 10.0 Å². The molecule has 2 aromatic rings. The number of guanidine groups is 2. The molecule has 0 unspecified atom stereocenters. The average Bonchev–Trinajstić information content (AvgIpc) is 2.47. The number of halogens is 2. The number of hydrogen-bond acceptors (Lipinski definition) is 2. The largest absolute Gasteiger partial charge is 0.489 e. The lowest BCUT2D eigenvalue weighted by Crippen LogP contribution is -2.26. The van der Waals surface area contributed by atoms with Crippen molar-refractivity contribution in [3.63, 3.8) is 0 Å². The zero-order valence-electron chi connectivity index (χ0n) is 12.0. The van der Waals surface area contributed by atoms with Crippen molar-refractivity contribution in [2.24, 2.45) is 27.2 Å². The topological polar surface area (TPSA) is 112 Å². The van der Waals surface area contributed by atoms with E-state index >= 15 is 0 Å². The monoisotopic (exact) mass is 351 g/mol. The fourth-order valence-electron chi connectivity index (χ4n) is 1.71. The Morgan fingerprint density at radius 1 is 1.00 bits per heavy atom. The van der Waals surface area contributed by atoms with E-state index in [1.807, 2.05) is 6.07 Å². The highest BCUT2D eigenvalue weighted by molar-refractivity contribution is 6.35. The molecule has 0 saturated heterocycles. The van der Waals surface area contributed by atoms with Crippen molar-refractivity contribution in [2.45, 2.75) is 6.61 Å². The van der Waals surface area contributed by atoms with Crippen LogP contribution in [0.15, 0.2) is 52.4 Å². The summed E-state index contributed by atoms with van der Waals surface area (Å²) in [5.74, 6) is 0.494. The molecule has 2 rings (SSSR count). The molecule has 120 valence electrons. The van der Waals surface area contributed by atoms with Crippen molar-refractivity contribution in [1.29, 1.82) is 0 Å². The highest BCUT2D eigenvalue weighted by atomic mass is 35.5. The number of hydrogen-bond donors (Lipinski definition) is 3. The molecule has 2 aromatic carbocycles. The van der Waals surface area contributed by atoms with Gasteiger partial charge in [-0.15, -0.1) is 0 Å². The van der Waals surface area contributed by atoms with Crippen LogP contribution in [0.1, 0.15) is 5.56 Å². The quantitative estimate of drug-likeness (QED) is 0.580. The van der Waals surface area contributed by atoms with Crippen LogP contribution in [0.3, 0.4) is 0 Å². The Morgan fingerprint density at radius 2 is 1.70 bits per heavy atom. The van der Waals surface area contributed by atoms with Gasteiger partial charge in [-0.1, -0.05) is 29.3 Å². The van der Waals surface area contributed by atoms with Crippen molar-refractivity contribution < 1.29 is 4.74 Å². The van der Waals surface area contributed by atoms with Gasteiger partial charge in [0.25, 0.3) is 0 Å². The molecule has 0 aromatic heterocycles. The van der Waals surface area contributed by atoms with Gasteiger partial charge in [0, 0.05) is 15.6 Å². The summed E-state index contributed by atoms with van der Waals surface area (Å²) in [7, 11) is 0. The number of nitrogens with two attached hydrogens (primary N) is 3. The third kappa shape index (κ3) is 5.36. The Kier molecular flexibility index (Phi) is 5.67. The number of benzene rings is 2. The summed E-state index contributed by atoms with van der Waals surface area (Å²) in [5.41, 5.74) is 17.4. The molecule has 6 N–H and O–H groups in total. The van der Waals surface area contributed by atoms with Crippen LogP contribution in [-0.4, -0.2) is 11.9 Å². The van der Waals surface area contributed by atoms with Gasteiger partial charge < -0.3 is 21.9 Å². The Labute approximate surface area is 143 Å². The maximum atomic E-state index is 6.09. The van der Waals surface area contributed by atoms with E-state index in [0.717, 1.165) is 5.56 Å². The van der Waals surface area contributed by atoms with Crippen molar-refractivity contribution in [3.8, 4) is 5.75 Å². The third-order valence-electron chi connectivity index (χ3n) is 2.73. The van der Waals surface area contributed by atoms with Gasteiger partial charge in [0.15, 0.2) is 5.96 Å². The number of aliphatic imine (C=N–C) groups is 2. The standard InChI is InChI=1S/C15H15Cl2N5O/c16-10-2-1-9(13(17)7-10)8-23-12-5-3-11(4-6-12)21-15(20)22-14(18)19/h1-7H,8H2,(H6,18,19,20,21,22). The molecule has 0 spiro atoms. The summed E-state index contributed by atoms with van der Waals surface area (Å²) in [5, 5.41) is 1.14. The molecule has 0 bridgehead atoms. The second kappa shape index (κ2) is 7.71. The van der Waals surface area contributed by atoms with E-state index in [9.17, 15) is 0 Å². The first-order valence-electron chi connectivity index (χ1n) is 6.54. The molecule has 0 fully saturated rings. The van der Waals surface area contributed by atoms with Crippen LogP contribution in [0.5, 0.6) is 5.75 Å². The Morgan fingerprint density at radius 3 is 2.30 bits per heavy atom. The van der Waals surface area contributed by atoms with Gasteiger partial charge in [-0.25, -0.2) is 4.99 Å². The minimum Gasteiger partial charge on any atom is -0.489 e. The molecule has 0 aliphatic heterocycles. The van der Waals surface area contributed by atoms with Gasteiger partial charge in [0.05, 0.1) is 5.69 Å². The van der Waals surface area contributed by atoms with E-state index in [4.69, 9.17) is 45.1 Å². The fourth-order valence-corrected chi connectivity index (χ4v) is 2.17. The summed E-state index contributed by atoms with van der Waals surface area (Å²) < 4.78 is 5.66. The Hall–Kier alpha value is -2.44. The zero-order chi connectivity index (χ0) is 16.8. The maximum Gasteiger partial charge on any atom is 0.223 e. The van der Waals surface area contributed by atoms with E-state index in [0.29, 0.717) is 28.1 Å². The fraction of sp³-hybridized carbons (Fsp3) is 0.0667. The first-order valence-corrected chi connectivity index (χ1v) is 7.30. The molecule has 0 heterocycles. The van der Waals surface area contributed by atoms with Gasteiger partial charge in [0.2, 0.25) is 5.96 Å². The van der Waals surface area contributed by atoms with Crippen LogP contribution in [0.4, 0.5) is 5.69 Å². The molecule has 23 heavy (non-hydrogen) atoms. The van der Waals surface area contributed by atoms with Crippen molar-refractivity contribution in [2.75, 3.05) is 0 Å². The second-order valence-electron chi connectivity index (χ2n) is 4.52.